The van der Waals surface area contributed by atoms with Gasteiger partial charge in [-0.1, -0.05) is 6.07 Å². The van der Waals surface area contributed by atoms with Gasteiger partial charge >= 0.3 is 0 Å². The summed E-state index contributed by atoms with van der Waals surface area (Å²) in [6, 6.07) is 13.9. The van der Waals surface area contributed by atoms with Gasteiger partial charge in [0.1, 0.15) is 11.4 Å². The van der Waals surface area contributed by atoms with Crippen molar-refractivity contribution >= 4 is 15.7 Å². The van der Waals surface area contributed by atoms with Crippen molar-refractivity contribution in [2.75, 3.05) is 24.1 Å². The van der Waals surface area contributed by atoms with Crippen LogP contribution in [0.4, 0.5) is 5.69 Å². The molecule has 174 valence electrons. The van der Waals surface area contributed by atoms with Gasteiger partial charge in [-0.25, -0.2) is 8.42 Å². The van der Waals surface area contributed by atoms with Crippen molar-refractivity contribution in [2.24, 2.45) is 0 Å². The van der Waals surface area contributed by atoms with Crippen LogP contribution in [0.25, 0.3) is 0 Å². The fourth-order valence-corrected chi connectivity index (χ4v) is 6.19. The Bertz CT molecular complexity index is 1210. The maximum Gasteiger partial charge on any atom is 0.229 e. The summed E-state index contributed by atoms with van der Waals surface area (Å²) in [4.78, 5) is 2.55. The van der Waals surface area contributed by atoms with Crippen LogP contribution in [0.15, 0.2) is 36.4 Å². The summed E-state index contributed by atoms with van der Waals surface area (Å²) in [5, 5.41) is 20.0. The third-order valence-corrected chi connectivity index (χ3v) is 7.93. The van der Waals surface area contributed by atoms with Crippen LogP contribution in [0.2, 0.25) is 0 Å². The number of anilines is 1. The van der Waals surface area contributed by atoms with E-state index in [1.807, 2.05) is 12.1 Å². The Morgan fingerprint density at radius 1 is 1.18 bits per heavy atom. The predicted octanol–water partition coefficient (Wildman–Crippen LogP) is 3.14. The molecule has 7 nitrogen and oxygen atoms in total. The first-order valence-electron chi connectivity index (χ1n) is 11.5. The topological polar surface area (TPSA) is 103 Å². The molecule has 2 heterocycles. The average Bonchev–Trinajstić information content (AvgIpc) is 2.78. The summed E-state index contributed by atoms with van der Waals surface area (Å²) >= 11 is 0. The first kappa shape index (κ1) is 22.2. The second-order valence-corrected chi connectivity index (χ2v) is 11.4. The molecule has 0 radical (unpaired) electrons. The predicted molar refractivity (Wildman–Crippen MR) is 126 cm³/mol. The summed E-state index contributed by atoms with van der Waals surface area (Å²) in [6.45, 7) is 1.85. The first-order valence-corrected chi connectivity index (χ1v) is 13.4. The zero-order valence-corrected chi connectivity index (χ0v) is 19.6. The minimum Gasteiger partial charge on any atom is -0.487 e. The molecular formula is C25H29N3O4S. The lowest BCUT2D eigenvalue weighted by Gasteiger charge is -2.48. The maximum atomic E-state index is 11.5. The van der Waals surface area contributed by atoms with Gasteiger partial charge in [-0.15, -0.1) is 0 Å². The van der Waals surface area contributed by atoms with E-state index in [4.69, 9.17) is 10.00 Å². The Morgan fingerprint density at radius 2 is 1.97 bits per heavy atom. The van der Waals surface area contributed by atoms with Crippen LogP contribution in [0.3, 0.4) is 0 Å². The molecule has 0 amide bonds. The van der Waals surface area contributed by atoms with Crippen LogP contribution < -0.4 is 9.46 Å². The first-order chi connectivity index (χ1) is 15.7. The molecule has 2 aliphatic heterocycles. The molecule has 1 aliphatic carbocycles. The zero-order valence-electron chi connectivity index (χ0n) is 18.8. The van der Waals surface area contributed by atoms with Crippen LogP contribution in [0.5, 0.6) is 5.75 Å². The van der Waals surface area contributed by atoms with Crippen molar-refractivity contribution in [2.45, 2.75) is 56.3 Å². The highest BCUT2D eigenvalue weighted by molar-refractivity contribution is 7.92. The van der Waals surface area contributed by atoms with Crippen molar-refractivity contribution in [1.82, 2.24) is 4.90 Å². The normalized spacial score (nSPS) is 24.3. The second-order valence-electron chi connectivity index (χ2n) is 9.66. The number of nitrogens with zero attached hydrogens (tertiary/aromatic N) is 2. The molecule has 2 atom stereocenters. The molecule has 0 saturated carbocycles. The molecule has 5 rings (SSSR count). The van der Waals surface area contributed by atoms with Gasteiger partial charge < -0.3 is 9.84 Å². The van der Waals surface area contributed by atoms with Crippen LogP contribution in [0, 0.1) is 11.3 Å². The van der Waals surface area contributed by atoms with E-state index in [0.717, 1.165) is 57.0 Å². The van der Waals surface area contributed by atoms with Gasteiger partial charge in [-0.05, 0) is 73.6 Å². The smallest absolute Gasteiger partial charge is 0.229 e. The summed E-state index contributed by atoms with van der Waals surface area (Å²) in [5.74, 6) is 0.640. The van der Waals surface area contributed by atoms with Crippen LogP contribution in [-0.2, 0) is 22.9 Å². The molecule has 3 aliphatic rings. The maximum absolute atomic E-state index is 11.5. The molecule has 1 spiro atoms. The number of sulfonamides is 1. The molecule has 0 aromatic heterocycles. The molecule has 0 unspecified atom stereocenters. The summed E-state index contributed by atoms with van der Waals surface area (Å²) in [6.07, 6.45) is 5.75. The molecular weight excluding hydrogens is 438 g/mol. The molecule has 1 fully saturated rings. The van der Waals surface area contributed by atoms with Gasteiger partial charge in [-0.3, -0.25) is 9.62 Å². The SMILES string of the molecule is CS(=O)(=O)Nc1ccc2c(c1)[C@H](O)CC1(CCN([C@H]3CCc4cc(C#N)ccc4C3)CC1)O2. The van der Waals surface area contributed by atoms with Crippen LogP contribution >= 0.6 is 0 Å². The Kier molecular flexibility index (Phi) is 5.60. The van der Waals surface area contributed by atoms with Crippen molar-refractivity contribution in [3.63, 3.8) is 0 Å². The average molecular weight is 468 g/mol. The zero-order chi connectivity index (χ0) is 23.2. The number of aryl methyl sites for hydroxylation is 1. The third kappa shape index (κ3) is 4.58. The summed E-state index contributed by atoms with van der Waals surface area (Å²) < 4.78 is 32.0. The standard InChI is InChI=1S/C25H29N3O4S/c1-33(30,31)27-20-5-7-24-22(14-20)23(29)15-25(32-24)8-10-28(11-9-25)21-6-4-18-12-17(16-26)2-3-19(18)13-21/h2-3,5,7,12,14,21,23,27,29H,4,6,8-11,13,15H2,1H3/t21-,23+/m0/s1. The Balaban J connectivity index is 1.25. The lowest BCUT2D eigenvalue weighted by atomic mass is 9.80. The minimum atomic E-state index is -3.38. The number of rotatable bonds is 3. The Labute approximate surface area is 195 Å². The second kappa shape index (κ2) is 8.32. The summed E-state index contributed by atoms with van der Waals surface area (Å²) in [7, 11) is -3.38. The van der Waals surface area contributed by atoms with E-state index in [1.54, 1.807) is 18.2 Å². The third-order valence-electron chi connectivity index (χ3n) is 7.33. The number of benzene rings is 2. The molecule has 2 aromatic rings. The van der Waals surface area contributed by atoms with Crippen molar-refractivity contribution in [3.05, 3.63) is 58.7 Å². The monoisotopic (exact) mass is 467 g/mol. The van der Waals surface area contributed by atoms with Gasteiger partial charge in [0.2, 0.25) is 10.0 Å². The number of hydrogen-bond acceptors (Lipinski definition) is 6. The Hall–Kier alpha value is -2.60. The van der Waals surface area contributed by atoms with Crippen LogP contribution in [0.1, 0.15) is 54.0 Å². The molecule has 1 saturated heterocycles. The number of fused-ring (bicyclic) bond motifs is 2. The van der Waals surface area contributed by atoms with Crippen molar-refractivity contribution < 1.29 is 18.3 Å². The quantitative estimate of drug-likeness (QED) is 0.719. The van der Waals surface area contributed by atoms with E-state index in [0.29, 0.717) is 29.5 Å². The fourth-order valence-electron chi connectivity index (χ4n) is 5.64. The number of hydrogen-bond donors (Lipinski definition) is 2. The van der Waals surface area contributed by atoms with E-state index in [1.165, 1.54) is 11.1 Å². The highest BCUT2D eigenvalue weighted by Crippen LogP contribution is 2.45. The van der Waals surface area contributed by atoms with E-state index >= 15 is 0 Å². The minimum absolute atomic E-state index is 0.386. The van der Waals surface area contributed by atoms with Gasteiger partial charge in [0.25, 0.3) is 0 Å². The van der Waals surface area contributed by atoms with Gasteiger partial charge in [0, 0.05) is 36.8 Å². The van der Waals surface area contributed by atoms with Crippen LogP contribution in [-0.4, -0.2) is 49.4 Å². The molecule has 8 heteroatoms. The highest BCUT2D eigenvalue weighted by atomic mass is 32.2. The number of aliphatic hydroxyl groups is 1. The van der Waals surface area contributed by atoms with E-state index in [2.05, 4.69) is 21.8 Å². The number of ether oxygens (including phenoxy) is 1. The van der Waals surface area contributed by atoms with E-state index in [-0.39, 0.29) is 5.60 Å². The van der Waals surface area contributed by atoms with E-state index < -0.39 is 16.1 Å². The molecule has 33 heavy (non-hydrogen) atoms. The molecule has 0 bridgehead atoms. The Morgan fingerprint density at radius 3 is 2.70 bits per heavy atom. The van der Waals surface area contributed by atoms with Gasteiger partial charge in [0.15, 0.2) is 0 Å². The molecule has 2 N–H and O–H groups in total. The van der Waals surface area contributed by atoms with Crippen molar-refractivity contribution in [1.29, 1.82) is 5.26 Å². The van der Waals surface area contributed by atoms with Crippen molar-refractivity contribution in [3.8, 4) is 11.8 Å². The van der Waals surface area contributed by atoms with E-state index in [9.17, 15) is 13.5 Å². The summed E-state index contributed by atoms with van der Waals surface area (Å²) in [5.41, 5.74) is 4.07. The molecule has 2 aromatic carbocycles. The number of nitriles is 1. The lowest BCUT2D eigenvalue weighted by Crippen LogP contribution is -2.53. The number of nitrogens with one attached hydrogen (secondary N) is 1. The number of piperidine rings is 1. The van der Waals surface area contributed by atoms with Gasteiger partial charge in [0.05, 0.1) is 24.0 Å². The van der Waals surface area contributed by atoms with Gasteiger partial charge in [-0.2, -0.15) is 5.26 Å². The highest BCUT2D eigenvalue weighted by Gasteiger charge is 2.44. The number of aliphatic hydroxyl groups excluding tert-OH is 1. The lowest BCUT2D eigenvalue weighted by molar-refractivity contribution is -0.0608. The fraction of sp³-hybridized carbons (Fsp3) is 0.480. The largest absolute Gasteiger partial charge is 0.487 e. The number of likely N-dealkylation sites (tertiary alicyclic amines) is 1.